The molecule has 0 saturated heterocycles. The van der Waals surface area contributed by atoms with Crippen molar-refractivity contribution in [3.8, 4) is 0 Å². The fourth-order valence-electron chi connectivity index (χ4n) is 1.67. The van der Waals surface area contributed by atoms with Crippen LogP contribution in [-0.4, -0.2) is 24.4 Å². The Balaban J connectivity index is 3.96. The summed E-state index contributed by atoms with van der Waals surface area (Å²) >= 11 is 0. The van der Waals surface area contributed by atoms with Crippen molar-refractivity contribution in [1.29, 1.82) is 0 Å². The highest BCUT2D eigenvalue weighted by atomic mass is 16.2. The Hall–Kier alpha value is -1.06. The molecule has 0 bridgehead atoms. The molecule has 0 aromatic rings. The molecule has 4 nitrogen and oxygen atoms in total. The van der Waals surface area contributed by atoms with Crippen molar-refractivity contribution in [3.05, 3.63) is 0 Å². The van der Waals surface area contributed by atoms with Crippen molar-refractivity contribution in [2.24, 2.45) is 10.8 Å². The minimum atomic E-state index is -0.0428. The van der Waals surface area contributed by atoms with Gasteiger partial charge in [-0.3, -0.25) is 9.59 Å². The molecule has 0 spiro atoms. The number of carbonyl (C=O) groups is 2. The summed E-state index contributed by atoms with van der Waals surface area (Å²) in [5.41, 5.74) is -0.0257. The van der Waals surface area contributed by atoms with Crippen LogP contribution in [0.25, 0.3) is 0 Å². The second kappa shape index (κ2) is 6.92. The molecule has 0 unspecified atom stereocenters. The van der Waals surface area contributed by atoms with E-state index in [0.29, 0.717) is 19.4 Å². The maximum atomic E-state index is 11.7. The van der Waals surface area contributed by atoms with Crippen molar-refractivity contribution in [3.63, 3.8) is 0 Å². The van der Waals surface area contributed by atoms with Gasteiger partial charge in [0.25, 0.3) is 0 Å². The van der Waals surface area contributed by atoms with Crippen molar-refractivity contribution in [2.75, 3.05) is 6.54 Å². The highest BCUT2D eigenvalue weighted by molar-refractivity contribution is 5.78. The Kier molecular flexibility index (Phi) is 6.53. The van der Waals surface area contributed by atoms with Crippen LogP contribution in [0.1, 0.15) is 61.3 Å². The van der Waals surface area contributed by atoms with E-state index >= 15 is 0 Å². The Morgan fingerprint density at radius 3 is 1.74 bits per heavy atom. The molecule has 0 aliphatic rings. The third-order valence-electron chi connectivity index (χ3n) is 2.39. The van der Waals surface area contributed by atoms with E-state index in [2.05, 4.69) is 10.6 Å². The van der Waals surface area contributed by atoms with Crippen LogP contribution in [0.4, 0.5) is 0 Å². The summed E-state index contributed by atoms with van der Waals surface area (Å²) in [4.78, 5) is 23.4. The van der Waals surface area contributed by atoms with Gasteiger partial charge < -0.3 is 10.6 Å². The van der Waals surface area contributed by atoms with Crippen LogP contribution in [0.2, 0.25) is 0 Å². The molecule has 0 aromatic heterocycles. The number of amides is 2. The lowest BCUT2D eigenvalue weighted by Crippen LogP contribution is -2.43. The molecule has 2 amide bonds. The van der Waals surface area contributed by atoms with E-state index in [1.165, 1.54) is 0 Å². The Morgan fingerprint density at radius 1 is 0.895 bits per heavy atom. The van der Waals surface area contributed by atoms with Crippen LogP contribution in [0.5, 0.6) is 0 Å². The van der Waals surface area contributed by atoms with Gasteiger partial charge in [-0.05, 0) is 17.8 Å². The minimum Gasteiger partial charge on any atom is -0.354 e. The summed E-state index contributed by atoms with van der Waals surface area (Å²) in [6.07, 6.45) is 0.989. The normalized spacial score (nSPS) is 13.8. The van der Waals surface area contributed by atoms with Gasteiger partial charge >= 0.3 is 0 Å². The molecule has 0 aliphatic heterocycles. The second-order valence-corrected chi connectivity index (χ2v) is 7.75. The summed E-state index contributed by atoms with van der Waals surface area (Å²) in [6, 6.07) is -0.0428. The number of nitrogens with one attached hydrogen (secondary N) is 2. The van der Waals surface area contributed by atoms with E-state index in [-0.39, 0.29) is 28.7 Å². The van der Waals surface area contributed by atoms with Crippen LogP contribution in [0.3, 0.4) is 0 Å². The number of carbonyl (C=O) groups excluding carboxylic acids is 2. The third-order valence-corrected chi connectivity index (χ3v) is 2.39. The number of rotatable bonds is 5. The lowest BCUT2D eigenvalue weighted by Gasteiger charge is -2.21. The highest BCUT2D eigenvalue weighted by Crippen LogP contribution is 2.18. The van der Waals surface area contributed by atoms with Gasteiger partial charge in [-0.25, -0.2) is 0 Å². The monoisotopic (exact) mass is 270 g/mol. The fraction of sp³-hybridized carbons (Fsp3) is 0.867. The molecule has 1 atom stereocenters. The van der Waals surface area contributed by atoms with Gasteiger partial charge in [0.15, 0.2) is 0 Å². The van der Waals surface area contributed by atoms with Gasteiger partial charge in [0, 0.05) is 25.4 Å². The van der Waals surface area contributed by atoms with Crippen molar-refractivity contribution < 1.29 is 9.59 Å². The van der Waals surface area contributed by atoms with Gasteiger partial charge in [0.2, 0.25) is 11.8 Å². The van der Waals surface area contributed by atoms with E-state index in [1.54, 1.807) is 0 Å². The summed E-state index contributed by atoms with van der Waals surface area (Å²) < 4.78 is 0. The van der Waals surface area contributed by atoms with E-state index < -0.39 is 0 Å². The second-order valence-electron chi connectivity index (χ2n) is 7.75. The Bertz CT molecular complexity index is 311. The smallest absolute Gasteiger partial charge is 0.220 e. The first-order chi connectivity index (χ1) is 8.39. The molecule has 0 aliphatic carbocycles. The summed E-state index contributed by atoms with van der Waals surface area (Å²) in [7, 11) is 0. The zero-order chi connectivity index (χ0) is 15.3. The predicted octanol–water partition coefficient (Wildman–Crippen LogP) is 2.48. The van der Waals surface area contributed by atoms with Gasteiger partial charge in [-0.15, -0.1) is 0 Å². The molecule has 0 saturated carbocycles. The van der Waals surface area contributed by atoms with Gasteiger partial charge in [0.1, 0.15) is 0 Å². The molecule has 4 heteroatoms. The molecule has 0 heterocycles. The summed E-state index contributed by atoms with van der Waals surface area (Å²) in [6.45, 7) is 14.6. The zero-order valence-corrected chi connectivity index (χ0v) is 13.5. The lowest BCUT2D eigenvalue weighted by molar-refractivity contribution is -0.125. The maximum Gasteiger partial charge on any atom is 0.220 e. The van der Waals surface area contributed by atoms with Gasteiger partial charge in [-0.2, -0.15) is 0 Å². The van der Waals surface area contributed by atoms with Crippen LogP contribution in [0, 0.1) is 10.8 Å². The molecule has 112 valence electrons. The first kappa shape index (κ1) is 17.9. The highest BCUT2D eigenvalue weighted by Gasteiger charge is 2.19. The quantitative estimate of drug-likeness (QED) is 0.806. The SMILES string of the molecule is C[C@@H](CNC(=O)CC(C)(C)C)NC(=O)CC(C)(C)C. The van der Waals surface area contributed by atoms with Crippen LogP contribution in [0.15, 0.2) is 0 Å². The molecule has 0 radical (unpaired) electrons. The first-order valence-electron chi connectivity index (χ1n) is 6.95. The molecular weight excluding hydrogens is 240 g/mol. The number of hydrogen-bond donors (Lipinski definition) is 2. The Morgan fingerprint density at radius 2 is 1.32 bits per heavy atom. The van der Waals surface area contributed by atoms with Gasteiger partial charge in [0.05, 0.1) is 0 Å². The van der Waals surface area contributed by atoms with E-state index in [0.717, 1.165) is 0 Å². The predicted molar refractivity (Wildman–Crippen MR) is 78.8 cm³/mol. The van der Waals surface area contributed by atoms with Crippen LogP contribution < -0.4 is 10.6 Å². The van der Waals surface area contributed by atoms with E-state index in [1.807, 2.05) is 48.5 Å². The van der Waals surface area contributed by atoms with Crippen LogP contribution in [-0.2, 0) is 9.59 Å². The molecule has 19 heavy (non-hydrogen) atoms. The topological polar surface area (TPSA) is 58.2 Å². The summed E-state index contributed by atoms with van der Waals surface area (Å²) in [5.74, 6) is 0.0643. The molecule has 0 fully saturated rings. The van der Waals surface area contributed by atoms with Crippen LogP contribution >= 0.6 is 0 Å². The first-order valence-corrected chi connectivity index (χ1v) is 6.95. The minimum absolute atomic E-state index is 0.0111. The average Bonchev–Trinajstić information content (AvgIpc) is 2.08. The zero-order valence-electron chi connectivity index (χ0n) is 13.5. The number of hydrogen-bond acceptors (Lipinski definition) is 2. The van der Waals surface area contributed by atoms with E-state index in [4.69, 9.17) is 0 Å². The standard InChI is InChI=1S/C15H30N2O2/c1-11(17-13(19)9-15(5,6)7)10-16-12(18)8-14(2,3)4/h11H,8-10H2,1-7H3,(H,16,18)(H,17,19)/t11-/m0/s1. The lowest BCUT2D eigenvalue weighted by atomic mass is 9.91. The van der Waals surface area contributed by atoms with Crippen molar-refractivity contribution >= 4 is 11.8 Å². The fourth-order valence-corrected chi connectivity index (χ4v) is 1.67. The molecular formula is C15H30N2O2. The van der Waals surface area contributed by atoms with Gasteiger partial charge in [-0.1, -0.05) is 41.5 Å². The summed E-state index contributed by atoms with van der Waals surface area (Å²) in [5, 5.41) is 5.75. The van der Waals surface area contributed by atoms with Crippen molar-refractivity contribution in [2.45, 2.75) is 67.3 Å². The largest absolute Gasteiger partial charge is 0.354 e. The molecule has 0 rings (SSSR count). The maximum absolute atomic E-state index is 11.7. The third kappa shape index (κ3) is 11.7. The van der Waals surface area contributed by atoms with E-state index in [9.17, 15) is 9.59 Å². The molecule has 2 N–H and O–H groups in total. The average molecular weight is 270 g/mol. The molecule has 0 aromatic carbocycles. The Labute approximate surface area is 117 Å². The van der Waals surface area contributed by atoms with Crippen molar-refractivity contribution in [1.82, 2.24) is 10.6 Å².